The Hall–Kier alpha value is -1.32. The fourth-order valence-corrected chi connectivity index (χ4v) is 1.21. The summed E-state index contributed by atoms with van der Waals surface area (Å²) >= 11 is 0. The van der Waals surface area contributed by atoms with E-state index in [1.165, 1.54) is 0 Å². The maximum Gasteiger partial charge on any atom is 0.331 e. The monoisotopic (exact) mass is 256 g/mol. The van der Waals surface area contributed by atoms with E-state index in [4.69, 9.17) is 9.47 Å². The molecule has 0 N–H and O–H groups in total. The molecule has 0 aliphatic rings. The Kier molecular flexibility index (Phi) is 10.0. The highest BCUT2D eigenvalue weighted by Crippen LogP contribution is 2.03. The van der Waals surface area contributed by atoms with Crippen LogP contribution in [0.4, 0.5) is 0 Å². The van der Waals surface area contributed by atoms with Crippen molar-refractivity contribution in [2.24, 2.45) is 5.92 Å². The molecule has 0 aromatic rings. The molecule has 0 aliphatic heterocycles. The molecule has 0 spiro atoms. The van der Waals surface area contributed by atoms with Crippen LogP contribution in [0.25, 0.3) is 0 Å². The van der Waals surface area contributed by atoms with E-state index in [0.717, 1.165) is 37.8 Å². The molecule has 0 heterocycles. The molecule has 0 saturated carbocycles. The van der Waals surface area contributed by atoms with Crippen LogP contribution in [0.15, 0.2) is 12.2 Å². The summed E-state index contributed by atoms with van der Waals surface area (Å²) in [5, 5.41) is 0. The van der Waals surface area contributed by atoms with Crippen LogP contribution >= 0.6 is 0 Å². The number of carbonyl (C=O) groups is 2. The number of rotatable bonds is 9. The number of esters is 2. The maximum atomic E-state index is 11.2. The van der Waals surface area contributed by atoms with Gasteiger partial charge in [-0.1, -0.05) is 27.2 Å². The van der Waals surface area contributed by atoms with Gasteiger partial charge in [0.05, 0.1) is 13.2 Å². The van der Waals surface area contributed by atoms with Gasteiger partial charge in [-0.05, 0) is 25.2 Å². The minimum Gasteiger partial charge on any atom is -0.463 e. The SMILES string of the molecule is CCCCOC(=O)C=CC(=O)OCCCC(C)C. The summed E-state index contributed by atoms with van der Waals surface area (Å²) in [6.45, 7) is 7.04. The van der Waals surface area contributed by atoms with Crippen molar-refractivity contribution in [3.05, 3.63) is 12.2 Å². The lowest BCUT2D eigenvalue weighted by molar-refractivity contribution is -0.140. The second-order valence-electron chi connectivity index (χ2n) is 4.56. The van der Waals surface area contributed by atoms with Crippen molar-refractivity contribution >= 4 is 11.9 Å². The first-order valence-electron chi connectivity index (χ1n) is 6.57. The Morgan fingerprint density at radius 2 is 1.50 bits per heavy atom. The van der Waals surface area contributed by atoms with Gasteiger partial charge in [0, 0.05) is 12.2 Å². The molecule has 0 bridgehead atoms. The third-order valence-electron chi connectivity index (χ3n) is 2.27. The Morgan fingerprint density at radius 1 is 1.00 bits per heavy atom. The summed E-state index contributed by atoms with van der Waals surface area (Å²) < 4.78 is 9.79. The molecule has 0 saturated heterocycles. The summed E-state index contributed by atoms with van der Waals surface area (Å²) in [6.07, 6.45) is 5.90. The minimum absolute atomic E-state index is 0.392. The van der Waals surface area contributed by atoms with Gasteiger partial charge in [0.1, 0.15) is 0 Å². The summed E-state index contributed by atoms with van der Waals surface area (Å²) in [5.41, 5.74) is 0. The smallest absolute Gasteiger partial charge is 0.331 e. The number of hydrogen-bond acceptors (Lipinski definition) is 4. The topological polar surface area (TPSA) is 52.6 Å². The van der Waals surface area contributed by atoms with E-state index in [2.05, 4.69) is 13.8 Å². The molecule has 4 heteroatoms. The van der Waals surface area contributed by atoms with E-state index in [1.807, 2.05) is 6.92 Å². The molecule has 0 amide bonds. The van der Waals surface area contributed by atoms with Crippen LogP contribution < -0.4 is 0 Å². The summed E-state index contributed by atoms with van der Waals surface area (Å²) in [4.78, 5) is 22.3. The molecule has 4 nitrogen and oxygen atoms in total. The molecular formula is C14H24O4. The second-order valence-corrected chi connectivity index (χ2v) is 4.56. The molecule has 0 aliphatic carbocycles. The molecule has 0 radical (unpaired) electrons. The normalized spacial score (nSPS) is 10.9. The van der Waals surface area contributed by atoms with E-state index in [9.17, 15) is 9.59 Å². The Morgan fingerprint density at radius 3 is 1.94 bits per heavy atom. The first-order valence-corrected chi connectivity index (χ1v) is 6.57. The first kappa shape index (κ1) is 16.7. The van der Waals surface area contributed by atoms with Gasteiger partial charge in [-0.15, -0.1) is 0 Å². The highest BCUT2D eigenvalue weighted by atomic mass is 16.5. The molecule has 104 valence electrons. The van der Waals surface area contributed by atoms with Crippen molar-refractivity contribution in [3.8, 4) is 0 Å². The van der Waals surface area contributed by atoms with E-state index in [1.54, 1.807) is 0 Å². The van der Waals surface area contributed by atoms with Gasteiger partial charge >= 0.3 is 11.9 Å². The van der Waals surface area contributed by atoms with Crippen LogP contribution in [0.3, 0.4) is 0 Å². The summed E-state index contributed by atoms with van der Waals surface area (Å²) in [7, 11) is 0. The molecular weight excluding hydrogens is 232 g/mol. The Labute approximate surface area is 109 Å². The molecule has 0 aromatic heterocycles. The number of carbonyl (C=O) groups excluding carboxylic acids is 2. The number of hydrogen-bond donors (Lipinski definition) is 0. The van der Waals surface area contributed by atoms with Crippen LogP contribution in [0.2, 0.25) is 0 Å². The van der Waals surface area contributed by atoms with Gasteiger partial charge in [-0.3, -0.25) is 0 Å². The number of unbranched alkanes of at least 4 members (excludes halogenated alkanes) is 1. The largest absolute Gasteiger partial charge is 0.463 e. The van der Waals surface area contributed by atoms with Crippen molar-refractivity contribution in [2.75, 3.05) is 13.2 Å². The van der Waals surface area contributed by atoms with E-state index in [0.29, 0.717) is 19.1 Å². The van der Waals surface area contributed by atoms with Crippen molar-refractivity contribution in [1.29, 1.82) is 0 Å². The van der Waals surface area contributed by atoms with Crippen molar-refractivity contribution in [1.82, 2.24) is 0 Å². The lowest BCUT2D eigenvalue weighted by Crippen LogP contribution is -2.06. The fourth-order valence-electron chi connectivity index (χ4n) is 1.21. The number of ether oxygens (including phenoxy) is 2. The van der Waals surface area contributed by atoms with Crippen molar-refractivity contribution < 1.29 is 19.1 Å². The standard InChI is InChI=1S/C14H24O4/c1-4-5-10-17-13(15)8-9-14(16)18-11-6-7-12(2)3/h8-9,12H,4-7,10-11H2,1-3H3. The maximum absolute atomic E-state index is 11.2. The van der Waals surface area contributed by atoms with Crippen LogP contribution in [0.5, 0.6) is 0 Å². The van der Waals surface area contributed by atoms with Gasteiger partial charge in [0.25, 0.3) is 0 Å². The molecule has 18 heavy (non-hydrogen) atoms. The highest BCUT2D eigenvalue weighted by Gasteiger charge is 2.01. The third kappa shape index (κ3) is 11.2. The first-order chi connectivity index (χ1) is 8.56. The highest BCUT2D eigenvalue weighted by molar-refractivity contribution is 5.91. The predicted molar refractivity (Wildman–Crippen MR) is 70.0 cm³/mol. The average molecular weight is 256 g/mol. The van der Waals surface area contributed by atoms with Crippen molar-refractivity contribution in [3.63, 3.8) is 0 Å². The minimum atomic E-state index is -0.498. The molecule has 0 aromatic carbocycles. The van der Waals surface area contributed by atoms with E-state index < -0.39 is 11.9 Å². The van der Waals surface area contributed by atoms with E-state index >= 15 is 0 Å². The molecule has 0 unspecified atom stereocenters. The summed E-state index contributed by atoms with van der Waals surface area (Å²) in [5.74, 6) is -0.387. The van der Waals surface area contributed by atoms with Crippen LogP contribution in [0.1, 0.15) is 46.5 Å². The molecule has 0 atom stereocenters. The zero-order valence-corrected chi connectivity index (χ0v) is 11.6. The Balaban J connectivity index is 3.63. The lowest BCUT2D eigenvalue weighted by Gasteiger charge is -2.04. The van der Waals surface area contributed by atoms with E-state index in [-0.39, 0.29) is 0 Å². The zero-order chi connectivity index (χ0) is 13.8. The van der Waals surface area contributed by atoms with Gasteiger partial charge < -0.3 is 9.47 Å². The van der Waals surface area contributed by atoms with Gasteiger partial charge in [-0.25, -0.2) is 9.59 Å². The molecule has 0 fully saturated rings. The predicted octanol–water partition coefficient (Wildman–Crippen LogP) is 2.87. The fraction of sp³-hybridized carbons (Fsp3) is 0.714. The third-order valence-corrected chi connectivity index (χ3v) is 2.27. The molecule has 0 rings (SSSR count). The van der Waals surface area contributed by atoms with Crippen LogP contribution in [-0.2, 0) is 19.1 Å². The van der Waals surface area contributed by atoms with Gasteiger partial charge in [0.15, 0.2) is 0 Å². The van der Waals surface area contributed by atoms with Gasteiger partial charge in [-0.2, -0.15) is 0 Å². The average Bonchev–Trinajstić information content (AvgIpc) is 2.32. The van der Waals surface area contributed by atoms with Crippen molar-refractivity contribution in [2.45, 2.75) is 46.5 Å². The van der Waals surface area contributed by atoms with Gasteiger partial charge in [0.2, 0.25) is 0 Å². The van der Waals surface area contributed by atoms with Crippen LogP contribution in [-0.4, -0.2) is 25.2 Å². The Bertz CT molecular complexity index is 269. The quantitative estimate of drug-likeness (QED) is 0.361. The zero-order valence-electron chi connectivity index (χ0n) is 11.6. The lowest BCUT2D eigenvalue weighted by atomic mass is 10.1. The second kappa shape index (κ2) is 10.8. The summed E-state index contributed by atoms with van der Waals surface area (Å²) in [6, 6.07) is 0. The van der Waals surface area contributed by atoms with Crippen LogP contribution in [0, 0.1) is 5.92 Å².